The number of aromatic hydroxyl groups is 1. The fourth-order valence-electron chi connectivity index (χ4n) is 1.99. The summed E-state index contributed by atoms with van der Waals surface area (Å²) < 4.78 is 13.2. The number of aryl methyl sites for hydroxylation is 1. The van der Waals surface area contributed by atoms with E-state index in [2.05, 4.69) is 37.4 Å². The summed E-state index contributed by atoms with van der Waals surface area (Å²) in [6.07, 6.45) is 0. The van der Waals surface area contributed by atoms with Crippen LogP contribution in [0.3, 0.4) is 0 Å². The highest BCUT2D eigenvalue weighted by molar-refractivity contribution is 5.28. The van der Waals surface area contributed by atoms with E-state index in [-0.39, 0.29) is 11.8 Å². The van der Waals surface area contributed by atoms with E-state index in [4.69, 9.17) is 5.11 Å². The molecule has 0 spiro atoms. The largest absolute Gasteiger partial charge is 0.505 e. The van der Waals surface area contributed by atoms with Gasteiger partial charge in [-0.1, -0.05) is 35.9 Å². The van der Waals surface area contributed by atoms with Gasteiger partial charge in [-0.15, -0.1) is 0 Å². The highest BCUT2D eigenvalue weighted by atomic mass is 19.1. The first-order chi connectivity index (χ1) is 9.06. The Kier molecular flexibility index (Phi) is 4.17. The molecule has 2 N–H and O–H groups in total. The SMILES string of the molecule is Cc1cccc([C@H](C)NCc2ccc(O)c(F)c2)c1. The summed E-state index contributed by atoms with van der Waals surface area (Å²) in [6, 6.07) is 12.9. The maximum Gasteiger partial charge on any atom is 0.165 e. The molecular weight excluding hydrogens is 241 g/mol. The molecule has 0 bridgehead atoms. The normalized spacial score (nSPS) is 12.4. The van der Waals surface area contributed by atoms with Crippen molar-refractivity contribution in [2.45, 2.75) is 26.4 Å². The van der Waals surface area contributed by atoms with Crippen molar-refractivity contribution in [2.75, 3.05) is 0 Å². The van der Waals surface area contributed by atoms with E-state index < -0.39 is 5.82 Å². The zero-order chi connectivity index (χ0) is 13.8. The molecule has 0 unspecified atom stereocenters. The fraction of sp³-hybridized carbons (Fsp3) is 0.250. The first kappa shape index (κ1) is 13.6. The van der Waals surface area contributed by atoms with Gasteiger partial charge in [0.2, 0.25) is 0 Å². The second-order valence-electron chi connectivity index (χ2n) is 4.80. The van der Waals surface area contributed by atoms with E-state index in [9.17, 15) is 4.39 Å². The lowest BCUT2D eigenvalue weighted by Crippen LogP contribution is -2.18. The highest BCUT2D eigenvalue weighted by Gasteiger charge is 2.06. The molecule has 100 valence electrons. The summed E-state index contributed by atoms with van der Waals surface area (Å²) in [5.41, 5.74) is 3.25. The topological polar surface area (TPSA) is 32.3 Å². The zero-order valence-electron chi connectivity index (χ0n) is 11.2. The summed E-state index contributed by atoms with van der Waals surface area (Å²) in [5, 5.41) is 12.5. The van der Waals surface area contributed by atoms with Crippen molar-refractivity contribution >= 4 is 0 Å². The van der Waals surface area contributed by atoms with Gasteiger partial charge >= 0.3 is 0 Å². The van der Waals surface area contributed by atoms with Gasteiger partial charge in [0, 0.05) is 12.6 Å². The maximum absolute atomic E-state index is 13.2. The lowest BCUT2D eigenvalue weighted by Gasteiger charge is -2.15. The second kappa shape index (κ2) is 5.85. The molecule has 2 nitrogen and oxygen atoms in total. The number of phenols is 1. The first-order valence-corrected chi connectivity index (χ1v) is 6.33. The molecule has 0 fully saturated rings. The minimum Gasteiger partial charge on any atom is -0.505 e. The molecule has 1 atom stereocenters. The lowest BCUT2D eigenvalue weighted by molar-refractivity contribution is 0.431. The Morgan fingerprint density at radius 2 is 2.00 bits per heavy atom. The van der Waals surface area contributed by atoms with Crippen molar-refractivity contribution in [1.29, 1.82) is 0 Å². The summed E-state index contributed by atoms with van der Waals surface area (Å²) in [7, 11) is 0. The van der Waals surface area contributed by atoms with Crippen LogP contribution in [0.5, 0.6) is 5.75 Å². The summed E-state index contributed by atoms with van der Waals surface area (Å²) in [6.45, 7) is 4.70. The molecule has 2 rings (SSSR count). The molecule has 2 aromatic rings. The van der Waals surface area contributed by atoms with Crippen molar-refractivity contribution in [1.82, 2.24) is 5.32 Å². The van der Waals surface area contributed by atoms with Crippen molar-refractivity contribution in [3.63, 3.8) is 0 Å². The fourth-order valence-corrected chi connectivity index (χ4v) is 1.99. The number of halogens is 1. The van der Waals surface area contributed by atoms with Gasteiger partial charge in [-0.2, -0.15) is 0 Å². The van der Waals surface area contributed by atoms with Crippen LogP contribution in [0.2, 0.25) is 0 Å². The molecular formula is C16H18FNO. The third-order valence-electron chi connectivity index (χ3n) is 3.17. The van der Waals surface area contributed by atoms with Crippen LogP contribution in [0.25, 0.3) is 0 Å². The Balaban J connectivity index is 2.00. The van der Waals surface area contributed by atoms with Crippen molar-refractivity contribution in [2.24, 2.45) is 0 Å². The van der Waals surface area contributed by atoms with E-state index in [0.717, 1.165) is 5.56 Å². The highest BCUT2D eigenvalue weighted by Crippen LogP contribution is 2.18. The third-order valence-corrected chi connectivity index (χ3v) is 3.17. The maximum atomic E-state index is 13.2. The molecule has 0 amide bonds. The van der Waals surface area contributed by atoms with Crippen LogP contribution in [0.1, 0.15) is 29.7 Å². The second-order valence-corrected chi connectivity index (χ2v) is 4.80. The molecule has 0 aliphatic rings. The Labute approximate surface area is 112 Å². The standard InChI is InChI=1S/C16H18FNO/c1-11-4-3-5-14(8-11)12(2)18-10-13-6-7-16(19)15(17)9-13/h3-9,12,18-19H,10H2,1-2H3/t12-/m0/s1. The molecule has 0 radical (unpaired) electrons. The zero-order valence-corrected chi connectivity index (χ0v) is 11.2. The summed E-state index contributed by atoms with van der Waals surface area (Å²) in [4.78, 5) is 0. The molecule has 0 heterocycles. The lowest BCUT2D eigenvalue weighted by atomic mass is 10.1. The number of phenolic OH excluding ortho intramolecular Hbond substituents is 1. The average Bonchev–Trinajstić information content (AvgIpc) is 2.40. The van der Waals surface area contributed by atoms with Gasteiger partial charge in [0.05, 0.1) is 0 Å². The van der Waals surface area contributed by atoms with Gasteiger partial charge in [-0.25, -0.2) is 4.39 Å². The van der Waals surface area contributed by atoms with Gasteiger partial charge in [0.1, 0.15) is 0 Å². The monoisotopic (exact) mass is 259 g/mol. The molecule has 2 aromatic carbocycles. The average molecular weight is 259 g/mol. The van der Waals surface area contributed by atoms with Crippen molar-refractivity contribution in [3.8, 4) is 5.75 Å². The van der Waals surface area contributed by atoms with Gasteiger partial charge in [-0.05, 0) is 37.1 Å². The van der Waals surface area contributed by atoms with Crippen LogP contribution in [0.15, 0.2) is 42.5 Å². The predicted octanol–water partition coefficient (Wildman–Crippen LogP) is 3.69. The Morgan fingerprint density at radius 1 is 1.21 bits per heavy atom. The van der Waals surface area contributed by atoms with Gasteiger partial charge < -0.3 is 10.4 Å². The van der Waals surface area contributed by atoms with Gasteiger partial charge in [0.25, 0.3) is 0 Å². The molecule has 0 aromatic heterocycles. The number of hydrogen-bond donors (Lipinski definition) is 2. The molecule has 0 saturated carbocycles. The van der Waals surface area contributed by atoms with E-state index in [1.807, 2.05) is 6.07 Å². The van der Waals surface area contributed by atoms with E-state index >= 15 is 0 Å². The van der Waals surface area contributed by atoms with Crippen LogP contribution in [-0.4, -0.2) is 5.11 Å². The first-order valence-electron chi connectivity index (χ1n) is 6.33. The third kappa shape index (κ3) is 3.55. The predicted molar refractivity (Wildman–Crippen MR) is 74.5 cm³/mol. The Bertz CT molecular complexity index is 568. The summed E-state index contributed by atoms with van der Waals surface area (Å²) >= 11 is 0. The smallest absolute Gasteiger partial charge is 0.165 e. The molecule has 0 aliphatic heterocycles. The van der Waals surface area contributed by atoms with Crippen molar-refractivity contribution < 1.29 is 9.50 Å². The van der Waals surface area contributed by atoms with Crippen LogP contribution >= 0.6 is 0 Å². The Morgan fingerprint density at radius 3 is 2.68 bits per heavy atom. The quantitative estimate of drug-likeness (QED) is 0.877. The van der Waals surface area contributed by atoms with E-state index in [1.54, 1.807) is 6.07 Å². The van der Waals surface area contributed by atoms with E-state index in [0.29, 0.717) is 6.54 Å². The molecule has 0 aliphatic carbocycles. The summed E-state index contributed by atoms with van der Waals surface area (Å²) in [5.74, 6) is -0.891. The van der Waals surface area contributed by atoms with Gasteiger partial charge in [-0.3, -0.25) is 0 Å². The minimum absolute atomic E-state index is 0.191. The van der Waals surface area contributed by atoms with Crippen LogP contribution in [0.4, 0.5) is 4.39 Å². The van der Waals surface area contributed by atoms with Crippen LogP contribution in [0, 0.1) is 12.7 Å². The van der Waals surface area contributed by atoms with E-state index in [1.165, 1.54) is 23.3 Å². The van der Waals surface area contributed by atoms with Crippen molar-refractivity contribution in [3.05, 3.63) is 65.0 Å². The minimum atomic E-state index is -0.581. The number of hydrogen-bond acceptors (Lipinski definition) is 2. The number of benzene rings is 2. The Hall–Kier alpha value is -1.87. The molecule has 3 heteroatoms. The van der Waals surface area contributed by atoms with Crippen LogP contribution < -0.4 is 5.32 Å². The van der Waals surface area contributed by atoms with Crippen LogP contribution in [-0.2, 0) is 6.54 Å². The number of rotatable bonds is 4. The molecule has 19 heavy (non-hydrogen) atoms. The molecule has 0 saturated heterocycles. The number of nitrogens with one attached hydrogen (secondary N) is 1. The van der Waals surface area contributed by atoms with Gasteiger partial charge in [0.15, 0.2) is 11.6 Å².